The molecule has 24 heavy (non-hydrogen) atoms. The fraction of sp³-hybridized carbons (Fsp3) is 0.765. The van der Waals surface area contributed by atoms with Gasteiger partial charge < -0.3 is 10.2 Å². The van der Waals surface area contributed by atoms with Gasteiger partial charge in [0.05, 0.1) is 5.92 Å². The van der Waals surface area contributed by atoms with Crippen molar-refractivity contribution in [1.82, 2.24) is 15.1 Å². The van der Waals surface area contributed by atoms with Crippen molar-refractivity contribution in [1.29, 1.82) is 0 Å². The van der Waals surface area contributed by atoms with Crippen LogP contribution in [-0.4, -0.2) is 39.5 Å². The molecule has 0 radical (unpaired) electrons. The van der Waals surface area contributed by atoms with E-state index in [1.165, 1.54) is 24.2 Å². The molecule has 6 nitrogen and oxygen atoms in total. The summed E-state index contributed by atoms with van der Waals surface area (Å²) in [4.78, 5) is 26.6. The first-order valence-electron chi connectivity index (χ1n) is 8.74. The van der Waals surface area contributed by atoms with Gasteiger partial charge in [-0.2, -0.15) is 0 Å². The average molecular weight is 350 g/mol. The third-order valence-electron chi connectivity index (χ3n) is 4.67. The lowest BCUT2D eigenvalue weighted by atomic mass is 9.93. The number of hydrogen-bond acceptors (Lipinski definition) is 5. The van der Waals surface area contributed by atoms with Gasteiger partial charge in [-0.15, -0.1) is 10.2 Å². The van der Waals surface area contributed by atoms with Crippen molar-refractivity contribution in [3.8, 4) is 0 Å². The highest BCUT2D eigenvalue weighted by molar-refractivity contribution is 7.15. The topological polar surface area (TPSA) is 75.2 Å². The van der Waals surface area contributed by atoms with Gasteiger partial charge in [0.15, 0.2) is 0 Å². The van der Waals surface area contributed by atoms with Crippen LogP contribution in [0, 0.1) is 11.3 Å². The van der Waals surface area contributed by atoms with E-state index in [9.17, 15) is 9.59 Å². The van der Waals surface area contributed by atoms with Gasteiger partial charge in [0.1, 0.15) is 5.01 Å². The summed E-state index contributed by atoms with van der Waals surface area (Å²) in [6.45, 7) is 6.99. The molecule has 1 aromatic heterocycles. The maximum absolute atomic E-state index is 12.5. The van der Waals surface area contributed by atoms with Gasteiger partial charge in [0.2, 0.25) is 16.9 Å². The van der Waals surface area contributed by atoms with E-state index in [-0.39, 0.29) is 23.1 Å². The van der Waals surface area contributed by atoms with Crippen molar-refractivity contribution in [3.63, 3.8) is 0 Å². The van der Waals surface area contributed by atoms with Crippen LogP contribution in [0.1, 0.15) is 57.9 Å². The van der Waals surface area contributed by atoms with E-state index in [2.05, 4.69) is 36.3 Å². The standard InChI is InChI=1S/C17H26N4O2S/c1-17(2,3)9-13-19-20-16(24-13)18-15(23)11-8-14(22)21(10-11)12-6-4-5-7-12/h11-12H,4-10H2,1-3H3,(H,18,20,23)/t11-/m0/s1. The molecule has 1 atom stereocenters. The third-order valence-corrected chi connectivity index (χ3v) is 5.51. The van der Waals surface area contributed by atoms with E-state index < -0.39 is 0 Å². The summed E-state index contributed by atoms with van der Waals surface area (Å²) in [5.41, 5.74) is 0.139. The maximum Gasteiger partial charge on any atom is 0.231 e. The molecule has 1 aliphatic carbocycles. The third kappa shape index (κ3) is 4.12. The highest BCUT2D eigenvalue weighted by Gasteiger charge is 2.38. The Balaban J connectivity index is 1.56. The first kappa shape index (κ1) is 17.3. The Morgan fingerprint density at radius 2 is 2.00 bits per heavy atom. The Morgan fingerprint density at radius 1 is 1.29 bits per heavy atom. The second-order valence-corrected chi connectivity index (χ2v) is 9.18. The second-order valence-electron chi connectivity index (χ2n) is 8.11. The molecular formula is C17H26N4O2S. The molecule has 2 aliphatic rings. The number of nitrogens with zero attached hydrogens (tertiary/aromatic N) is 3. The molecule has 1 aromatic rings. The Labute approximate surface area is 147 Å². The lowest BCUT2D eigenvalue weighted by Crippen LogP contribution is -2.35. The monoisotopic (exact) mass is 350 g/mol. The Bertz CT molecular complexity index is 616. The van der Waals surface area contributed by atoms with Crippen LogP contribution in [-0.2, 0) is 16.0 Å². The number of carbonyl (C=O) groups is 2. The molecule has 0 spiro atoms. The van der Waals surface area contributed by atoms with Crippen LogP contribution in [0.25, 0.3) is 0 Å². The van der Waals surface area contributed by atoms with Crippen molar-refractivity contribution in [2.45, 2.75) is 65.3 Å². The number of rotatable bonds is 4. The molecular weight excluding hydrogens is 324 g/mol. The summed E-state index contributed by atoms with van der Waals surface area (Å²) in [6, 6.07) is 0.343. The zero-order chi connectivity index (χ0) is 17.3. The van der Waals surface area contributed by atoms with Crippen molar-refractivity contribution in [2.24, 2.45) is 11.3 Å². The summed E-state index contributed by atoms with van der Waals surface area (Å²) in [7, 11) is 0. The summed E-state index contributed by atoms with van der Waals surface area (Å²) < 4.78 is 0. The molecule has 132 valence electrons. The zero-order valence-electron chi connectivity index (χ0n) is 14.7. The van der Waals surface area contributed by atoms with Crippen LogP contribution in [0.3, 0.4) is 0 Å². The molecule has 0 bridgehead atoms. The van der Waals surface area contributed by atoms with Gasteiger partial charge >= 0.3 is 0 Å². The number of nitrogens with one attached hydrogen (secondary N) is 1. The van der Waals surface area contributed by atoms with E-state index in [1.54, 1.807) is 0 Å². The van der Waals surface area contributed by atoms with Gasteiger partial charge in [0, 0.05) is 25.4 Å². The minimum absolute atomic E-state index is 0.109. The Morgan fingerprint density at radius 3 is 2.67 bits per heavy atom. The van der Waals surface area contributed by atoms with Crippen LogP contribution in [0.5, 0.6) is 0 Å². The fourth-order valence-electron chi connectivity index (χ4n) is 3.51. The molecule has 2 amide bonds. The minimum Gasteiger partial charge on any atom is -0.339 e. The maximum atomic E-state index is 12.5. The van der Waals surface area contributed by atoms with Crippen molar-refractivity contribution in [2.75, 3.05) is 11.9 Å². The highest BCUT2D eigenvalue weighted by Crippen LogP contribution is 2.30. The second kappa shape index (κ2) is 6.78. The molecule has 7 heteroatoms. The number of hydrogen-bond donors (Lipinski definition) is 1. The summed E-state index contributed by atoms with van der Waals surface area (Å²) in [5.74, 6) is -0.261. The Kier molecular flexibility index (Phi) is 4.90. The fourth-order valence-corrected chi connectivity index (χ4v) is 4.56. The van der Waals surface area contributed by atoms with E-state index >= 15 is 0 Å². The van der Waals surface area contributed by atoms with Gasteiger partial charge in [-0.25, -0.2) is 0 Å². The smallest absolute Gasteiger partial charge is 0.231 e. The highest BCUT2D eigenvalue weighted by atomic mass is 32.1. The number of carbonyl (C=O) groups excluding carboxylic acids is 2. The molecule has 1 aliphatic heterocycles. The van der Waals surface area contributed by atoms with Gasteiger partial charge in [-0.1, -0.05) is 44.9 Å². The minimum atomic E-state index is -0.270. The van der Waals surface area contributed by atoms with Crippen LogP contribution in [0.15, 0.2) is 0 Å². The lowest BCUT2D eigenvalue weighted by molar-refractivity contribution is -0.129. The van der Waals surface area contributed by atoms with Crippen molar-refractivity contribution in [3.05, 3.63) is 5.01 Å². The average Bonchev–Trinajstić information content (AvgIpc) is 3.17. The first-order valence-corrected chi connectivity index (χ1v) is 9.56. The molecule has 0 unspecified atom stereocenters. The van der Waals surface area contributed by atoms with Crippen LogP contribution >= 0.6 is 11.3 Å². The molecule has 1 saturated carbocycles. The van der Waals surface area contributed by atoms with Gasteiger partial charge in [-0.3, -0.25) is 9.59 Å². The molecule has 3 rings (SSSR count). The first-order chi connectivity index (χ1) is 11.3. The molecule has 2 fully saturated rings. The number of aromatic nitrogens is 2. The number of anilines is 1. The van der Waals surface area contributed by atoms with Gasteiger partial charge in [0.25, 0.3) is 0 Å². The molecule has 1 N–H and O–H groups in total. The number of likely N-dealkylation sites (tertiary alicyclic amines) is 1. The predicted molar refractivity (Wildman–Crippen MR) is 93.8 cm³/mol. The summed E-state index contributed by atoms with van der Waals surface area (Å²) in [5, 5.41) is 12.5. The zero-order valence-corrected chi connectivity index (χ0v) is 15.5. The van der Waals surface area contributed by atoms with Crippen LogP contribution in [0.2, 0.25) is 0 Å². The SMILES string of the molecule is CC(C)(C)Cc1nnc(NC(=O)[C@H]2CC(=O)N(C3CCCC3)C2)s1. The number of amides is 2. The van der Waals surface area contributed by atoms with E-state index in [0.717, 1.165) is 24.3 Å². The molecule has 0 aromatic carbocycles. The van der Waals surface area contributed by atoms with E-state index in [0.29, 0.717) is 24.1 Å². The summed E-state index contributed by atoms with van der Waals surface area (Å²) in [6.07, 6.45) is 5.67. The lowest BCUT2D eigenvalue weighted by Gasteiger charge is -2.23. The van der Waals surface area contributed by atoms with Crippen molar-refractivity contribution < 1.29 is 9.59 Å². The van der Waals surface area contributed by atoms with Crippen LogP contribution < -0.4 is 5.32 Å². The molecule has 1 saturated heterocycles. The quantitative estimate of drug-likeness (QED) is 0.906. The molecule has 2 heterocycles. The summed E-state index contributed by atoms with van der Waals surface area (Å²) >= 11 is 1.42. The van der Waals surface area contributed by atoms with Crippen LogP contribution in [0.4, 0.5) is 5.13 Å². The van der Waals surface area contributed by atoms with E-state index in [1.807, 2.05) is 4.90 Å². The predicted octanol–water partition coefficient (Wildman–Crippen LogP) is 2.86. The Hall–Kier alpha value is -1.50. The van der Waals surface area contributed by atoms with Gasteiger partial charge in [-0.05, 0) is 18.3 Å². The normalized spacial score (nSPS) is 22.4. The van der Waals surface area contributed by atoms with E-state index in [4.69, 9.17) is 0 Å². The largest absolute Gasteiger partial charge is 0.339 e. The van der Waals surface area contributed by atoms with Crippen molar-refractivity contribution >= 4 is 28.3 Å².